The first-order valence-electron chi connectivity index (χ1n) is 9.51. The van der Waals surface area contributed by atoms with Crippen LogP contribution in [-0.2, 0) is 11.2 Å². The summed E-state index contributed by atoms with van der Waals surface area (Å²) in [7, 11) is 1.59. The van der Waals surface area contributed by atoms with E-state index in [2.05, 4.69) is 29.5 Å². The molecule has 0 aliphatic carbocycles. The van der Waals surface area contributed by atoms with Crippen molar-refractivity contribution >= 4 is 5.96 Å². The van der Waals surface area contributed by atoms with E-state index in [1.165, 1.54) is 0 Å². The summed E-state index contributed by atoms with van der Waals surface area (Å²) in [6.45, 7) is 11.4. The van der Waals surface area contributed by atoms with Crippen LogP contribution in [0.4, 0.5) is 0 Å². The minimum absolute atomic E-state index is 0.239. The van der Waals surface area contributed by atoms with Crippen LogP contribution in [0.2, 0.25) is 0 Å². The van der Waals surface area contributed by atoms with E-state index >= 15 is 0 Å². The van der Waals surface area contributed by atoms with Gasteiger partial charge in [-0.05, 0) is 44.2 Å². The van der Waals surface area contributed by atoms with Crippen molar-refractivity contribution in [2.45, 2.75) is 46.6 Å². The predicted octanol–water partition coefficient (Wildman–Crippen LogP) is 2.95. The summed E-state index contributed by atoms with van der Waals surface area (Å²) < 4.78 is 10.9. The van der Waals surface area contributed by atoms with E-state index in [1.807, 2.05) is 26.0 Å². The summed E-state index contributed by atoms with van der Waals surface area (Å²) in [5.74, 6) is 2.19. The maximum atomic E-state index is 10.0. The molecule has 0 amide bonds. The van der Waals surface area contributed by atoms with Crippen LogP contribution in [-0.4, -0.2) is 50.5 Å². The average molecular weight is 366 g/mol. The number of hydrogen-bond donors (Lipinski definition) is 3. The molecular weight excluding hydrogens is 330 g/mol. The zero-order valence-electron chi connectivity index (χ0n) is 16.8. The molecule has 1 unspecified atom stereocenters. The van der Waals surface area contributed by atoms with Gasteiger partial charge in [0.25, 0.3) is 0 Å². The van der Waals surface area contributed by atoms with Gasteiger partial charge in [-0.2, -0.15) is 0 Å². The number of methoxy groups -OCH3 is 1. The fraction of sp³-hybridized carbons (Fsp3) is 0.650. The summed E-state index contributed by atoms with van der Waals surface area (Å²) in [5.41, 5.74) is 0.880. The molecule has 0 saturated carbocycles. The standard InChI is InChI=1S/C20H35N3O3/c1-6-21-20(23-13-11-19(15(3)4)26-7-2)22-12-10-16-8-9-17(25-5)14-18(16)24/h8-9,14-15,19,24H,6-7,10-13H2,1-5H3,(H2,21,22,23). The van der Waals surface area contributed by atoms with Crippen LogP contribution in [0.1, 0.15) is 39.7 Å². The number of aliphatic imine (C=N–C) groups is 1. The molecule has 26 heavy (non-hydrogen) atoms. The van der Waals surface area contributed by atoms with Crippen molar-refractivity contribution < 1.29 is 14.6 Å². The van der Waals surface area contributed by atoms with Gasteiger partial charge >= 0.3 is 0 Å². The minimum Gasteiger partial charge on any atom is -0.508 e. The summed E-state index contributed by atoms with van der Waals surface area (Å²) in [6.07, 6.45) is 1.85. The van der Waals surface area contributed by atoms with Crippen molar-refractivity contribution in [2.24, 2.45) is 10.9 Å². The van der Waals surface area contributed by atoms with Gasteiger partial charge in [-0.3, -0.25) is 4.99 Å². The molecule has 1 aromatic carbocycles. The Balaban J connectivity index is 2.51. The van der Waals surface area contributed by atoms with Crippen molar-refractivity contribution in [3.63, 3.8) is 0 Å². The largest absolute Gasteiger partial charge is 0.508 e. The monoisotopic (exact) mass is 365 g/mol. The van der Waals surface area contributed by atoms with E-state index in [9.17, 15) is 5.11 Å². The number of guanidine groups is 1. The Labute approximate surface area is 158 Å². The summed E-state index contributed by atoms with van der Waals surface area (Å²) in [6, 6.07) is 5.37. The lowest BCUT2D eigenvalue weighted by atomic mass is 10.0. The van der Waals surface area contributed by atoms with Crippen LogP contribution in [0.15, 0.2) is 23.2 Å². The lowest BCUT2D eigenvalue weighted by Gasteiger charge is -2.20. The molecule has 1 aromatic rings. The molecule has 0 heterocycles. The molecule has 0 radical (unpaired) electrons. The number of benzene rings is 1. The third kappa shape index (κ3) is 7.95. The third-order valence-electron chi connectivity index (χ3n) is 4.13. The van der Waals surface area contributed by atoms with Crippen LogP contribution in [0, 0.1) is 5.92 Å². The number of phenolic OH excluding ortho intramolecular Hbond substituents is 1. The van der Waals surface area contributed by atoms with Gasteiger partial charge in [-0.25, -0.2) is 0 Å². The number of rotatable bonds is 11. The molecule has 0 aliphatic rings. The summed E-state index contributed by atoms with van der Waals surface area (Å²) in [4.78, 5) is 4.63. The van der Waals surface area contributed by atoms with Gasteiger partial charge in [0.15, 0.2) is 5.96 Å². The zero-order valence-corrected chi connectivity index (χ0v) is 16.8. The molecule has 1 rings (SSSR count). The second-order valence-electron chi connectivity index (χ2n) is 6.46. The SMILES string of the molecule is CCNC(=NCCC(OCC)C(C)C)NCCc1ccc(OC)cc1O. The normalized spacial score (nSPS) is 12.9. The second kappa shape index (κ2) is 12.4. The van der Waals surface area contributed by atoms with E-state index in [4.69, 9.17) is 9.47 Å². The molecule has 0 spiro atoms. The molecule has 0 fully saturated rings. The van der Waals surface area contributed by atoms with Crippen LogP contribution in [0.5, 0.6) is 11.5 Å². The minimum atomic E-state index is 0.239. The molecule has 0 saturated heterocycles. The highest BCUT2D eigenvalue weighted by molar-refractivity contribution is 5.79. The number of hydrogen-bond acceptors (Lipinski definition) is 4. The van der Waals surface area contributed by atoms with Gasteiger partial charge in [0.1, 0.15) is 11.5 Å². The second-order valence-corrected chi connectivity index (χ2v) is 6.46. The summed E-state index contributed by atoms with van der Waals surface area (Å²) >= 11 is 0. The lowest BCUT2D eigenvalue weighted by Crippen LogP contribution is -2.38. The topological polar surface area (TPSA) is 75.1 Å². The quantitative estimate of drug-likeness (QED) is 0.415. The molecule has 0 bridgehead atoms. The average Bonchev–Trinajstić information content (AvgIpc) is 2.62. The first-order chi connectivity index (χ1) is 12.5. The molecule has 1 atom stereocenters. The summed E-state index contributed by atoms with van der Waals surface area (Å²) in [5, 5.41) is 16.6. The highest BCUT2D eigenvalue weighted by Crippen LogP contribution is 2.23. The highest BCUT2D eigenvalue weighted by atomic mass is 16.5. The lowest BCUT2D eigenvalue weighted by molar-refractivity contribution is 0.0266. The number of ether oxygens (including phenoxy) is 2. The Morgan fingerprint density at radius 3 is 2.58 bits per heavy atom. The van der Waals surface area contributed by atoms with Crippen molar-refractivity contribution in [3.05, 3.63) is 23.8 Å². The first-order valence-corrected chi connectivity index (χ1v) is 9.51. The Morgan fingerprint density at radius 2 is 2.00 bits per heavy atom. The third-order valence-corrected chi connectivity index (χ3v) is 4.13. The van der Waals surface area contributed by atoms with E-state index in [0.717, 1.165) is 31.1 Å². The van der Waals surface area contributed by atoms with Crippen molar-refractivity contribution in [3.8, 4) is 11.5 Å². The molecule has 6 heteroatoms. The van der Waals surface area contributed by atoms with Crippen molar-refractivity contribution in [1.29, 1.82) is 0 Å². The molecule has 0 aliphatic heterocycles. The predicted molar refractivity (Wildman–Crippen MR) is 107 cm³/mol. The Morgan fingerprint density at radius 1 is 1.23 bits per heavy atom. The maximum absolute atomic E-state index is 10.0. The Kier molecular flexibility index (Phi) is 10.5. The van der Waals surface area contributed by atoms with Gasteiger partial charge in [0.2, 0.25) is 0 Å². The van der Waals surface area contributed by atoms with Crippen LogP contribution in [0.25, 0.3) is 0 Å². The smallest absolute Gasteiger partial charge is 0.191 e. The Bertz CT molecular complexity index is 547. The van der Waals surface area contributed by atoms with Gasteiger partial charge in [0, 0.05) is 32.3 Å². The molecule has 6 nitrogen and oxygen atoms in total. The Hall–Kier alpha value is -1.95. The van der Waals surface area contributed by atoms with Gasteiger partial charge in [0.05, 0.1) is 13.2 Å². The number of aromatic hydroxyl groups is 1. The van der Waals surface area contributed by atoms with E-state index in [0.29, 0.717) is 31.2 Å². The van der Waals surface area contributed by atoms with E-state index < -0.39 is 0 Å². The van der Waals surface area contributed by atoms with E-state index in [-0.39, 0.29) is 11.9 Å². The van der Waals surface area contributed by atoms with Crippen LogP contribution < -0.4 is 15.4 Å². The van der Waals surface area contributed by atoms with Gasteiger partial charge in [-0.15, -0.1) is 0 Å². The first kappa shape index (κ1) is 22.1. The fourth-order valence-electron chi connectivity index (χ4n) is 2.67. The molecule has 148 valence electrons. The molecule has 0 aromatic heterocycles. The van der Waals surface area contributed by atoms with Crippen molar-refractivity contribution in [2.75, 3.05) is 33.4 Å². The van der Waals surface area contributed by atoms with Gasteiger partial charge < -0.3 is 25.2 Å². The maximum Gasteiger partial charge on any atom is 0.191 e. The fourth-order valence-corrected chi connectivity index (χ4v) is 2.67. The van der Waals surface area contributed by atoms with Crippen LogP contribution >= 0.6 is 0 Å². The van der Waals surface area contributed by atoms with Crippen LogP contribution in [0.3, 0.4) is 0 Å². The highest BCUT2D eigenvalue weighted by Gasteiger charge is 2.12. The molecular formula is C20H35N3O3. The molecule has 3 N–H and O–H groups in total. The van der Waals surface area contributed by atoms with Crippen molar-refractivity contribution in [1.82, 2.24) is 10.6 Å². The zero-order chi connectivity index (χ0) is 19.4. The number of nitrogens with zero attached hydrogens (tertiary/aromatic N) is 1. The van der Waals surface area contributed by atoms with Gasteiger partial charge in [-0.1, -0.05) is 19.9 Å². The number of nitrogens with one attached hydrogen (secondary N) is 2. The van der Waals surface area contributed by atoms with E-state index in [1.54, 1.807) is 13.2 Å². The number of phenols is 1.